The minimum Gasteiger partial charge on any atom is -0.466 e. The van der Waals surface area contributed by atoms with E-state index in [4.69, 9.17) is 4.74 Å². The number of hydrogen-bond donors (Lipinski definition) is 1. The summed E-state index contributed by atoms with van der Waals surface area (Å²) in [6.07, 6.45) is 3.61. The van der Waals surface area contributed by atoms with Crippen LogP contribution in [0.15, 0.2) is 0 Å². The standard InChI is InChI=1S/C14H22N2O4/c1-3-20-14(19)9-5-4-6-10(7-9)15-11-8-12(17)16(2)13(11)18/h9-11,15H,3-8H2,1-2H3. The Balaban J connectivity index is 1.89. The number of hydrogen-bond acceptors (Lipinski definition) is 5. The zero-order valence-electron chi connectivity index (χ0n) is 12.1. The van der Waals surface area contributed by atoms with Gasteiger partial charge in [-0.15, -0.1) is 0 Å². The molecule has 1 saturated heterocycles. The van der Waals surface area contributed by atoms with Crippen molar-refractivity contribution in [2.75, 3.05) is 13.7 Å². The predicted octanol–water partition coefficient (Wildman–Crippen LogP) is 0.455. The fourth-order valence-corrected chi connectivity index (χ4v) is 2.99. The largest absolute Gasteiger partial charge is 0.466 e. The van der Waals surface area contributed by atoms with E-state index in [1.54, 1.807) is 6.92 Å². The van der Waals surface area contributed by atoms with Crippen LogP contribution in [0.2, 0.25) is 0 Å². The van der Waals surface area contributed by atoms with Crippen LogP contribution in [0.1, 0.15) is 39.0 Å². The topological polar surface area (TPSA) is 75.7 Å². The Morgan fingerprint density at radius 2 is 2.15 bits per heavy atom. The van der Waals surface area contributed by atoms with Crippen molar-refractivity contribution in [3.05, 3.63) is 0 Å². The number of amides is 2. The van der Waals surface area contributed by atoms with Gasteiger partial charge in [0.05, 0.1) is 25.0 Å². The first-order chi connectivity index (χ1) is 9.52. The summed E-state index contributed by atoms with van der Waals surface area (Å²) in [7, 11) is 1.51. The van der Waals surface area contributed by atoms with Crippen LogP contribution in [0, 0.1) is 5.92 Å². The quantitative estimate of drug-likeness (QED) is 0.598. The maximum atomic E-state index is 11.9. The summed E-state index contributed by atoms with van der Waals surface area (Å²) in [6.45, 7) is 2.20. The number of nitrogens with zero attached hydrogens (tertiary/aromatic N) is 1. The number of rotatable bonds is 4. The first-order valence-electron chi connectivity index (χ1n) is 7.26. The van der Waals surface area contributed by atoms with E-state index >= 15 is 0 Å². The summed E-state index contributed by atoms with van der Waals surface area (Å²) in [4.78, 5) is 36.3. The van der Waals surface area contributed by atoms with Gasteiger partial charge >= 0.3 is 5.97 Å². The number of carbonyl (C=O) groups is 3. The molecule has 2 fully saturated rings. The summed E-state index contributed by atoms with van der Waals surface area (Å²) >= 11 is 0. The molecule has 0 radical (unpaired) electrons. The third-order valence-electron chi connectivity index (χ3n) is 4.11. The molecule has 3 unspecified atom stereocenters. The highest BCUT2D eigenvalue weighted by molar-refractivity contribution is 6.05. The summed E-state index contributed by atoms with van der Waals surface area (Å²) in [5.74, 6) is -0.561. The average Bonchev–Trinajstić information content (AvgIpc) is 2.67. The van der Waals surface area contributed by atoms with Gasteiger partial charge < -0.3 is 10.1 Å². The molecule has 6 heteroatoms. The number of nitrogens with one attached hydrogen (secondary N) is 1. The highest BCUT2D eigenvalue weighted by Crippen LogP contribution is 2.26. The van der Waals surface area contributed by atoms with Crippen molar-refractivity contribution >= 4 is 17.8 Å². The lowest BCUT2D eigenvalue weighted by atomic mass is 9.85. The molecule has 6 nitrogen and oxygen atoms in total. The summed E-state index contributed by atoms with van der Waals surface area (Å²) in [5, 5.41) is 3.24. The minimum absolute atomic E-state index is 0.0915. The fraction of sp³-hybridized carbons (Fsp3) is 0.786. The van der Waals surface area contributed by atoms with Crippen LogP contribution in [0.25, 0.3) is 0 Å². The molecule has 20 heavy (non-hydrogen) atoms. The van der Waals surface area contributed by atoms with Crippen LogP contribution in [0.5, 0.6) is 0 Å². The first-order valence-corrected chi connectivity index (χ1v) is 7.26. The van der Waals surface area contributed by atoms with Crippen molar-refractivity contribution in [3.63, 3.8) is 0 Å². The Morgan fingerprint density at radius 3 is 2.75 bits per heavy atom. The van der Waals surface area contributed by atoms with Crippen LogP contribution in [0.3, 0.4) is 0 Å². The number of ether oxygens (including phenoxy) is 1. The number of imide groups is 1. The Labute approximate surface area is 118 Å². The molecule has 0 aromatic heterocycles. The third-order valence-corrected chi connectivity index (χ3v) is 4.11. The molecule has 2 rings (SSSR count). The van der Waals surface area contributed by atoms with E-state index in [0.717, 1.165) is 19.3 Å². The molecule has 1 aliphatic carbocycles. The second-order valence-corrected chi connectivity index (χ2v) is 5.53. The fourth-order valence-electron chi connectivity index (χ4n) is 2.99. The zero-order valence-corrected chi connectivity index (χ0v) is 12.1. The predicted molar refractivity (Wildman–Crippen MR) is 71.7 cm³/mol. The van der Waals surface area contributed by atoms with Gasteiger partial charge in [-0.2, -0.15) is 0 Å². The maximum Gasteiger partial charge on any atom is 0.308 e. The molecule has 2 amide bonds. The molecular weight excluding hydrogens is 260 g/mol. The lowest BCUT2D eigenvalue weighted by Gasteiger charge is -2.30. The Hall–Kier alpha value is -1.43. The lowest BCUT2D eigenvalue weighted by Crippen LogP contribution is -2.45. The lowest BCUT2D eigenvalue weighted by molar-refractivity contribution is -0.149. The zero-order chi connectivity index (χ0) is 14.7. The van der Waals surface area contributed by atoms with E-state index < -0.39 is 6.04 Å². The van der Waals surface area contributed by atoms with Crippen molar-refractivity contribution in [1.29, 1.82) is 0 Å². The van der Waals surface area contributed by atoms with Gasteiger partial charge in [0, 0.05) is 13.1 Å². The normalized spacial score (nSPS) is 30.7. The summed E-state index contributed by atoms with van der Waals surface area (Å²) in [6, 6.07) is -0.329. The number of carbonyl (C=O) groups excluding carboxylic acids is 3. The van der Waals surface area contributed by atoms with E-state index in [1.165, 1.54) is 11.9 Å². The van der Waals surface area contributed by atoms with Crippen LogP contribution >= 0.6 is 0 Å². The SMILES string of the molecule is CCOC(=O)C1CCCC(NC2CC(=O)N(C)C2=O)C1. The average molecular weight is 282 g/mol. The molecule has 1 saturated carbocycles. The van der Waals surface area contributed by atoms with Gasteiger partial charge in [-0.3, -0.25) is 19.3 Å². The number of likely N-dealkylation sites (tertiary alicyclic amines) is 1. The van der Waals surface area contributed by atoms with Gasteiger partial charge in [-0.25, -0.2) is 0 Å². The van der Waals surface area contributed by atoms with E-state index in [1.807, 2.05) is 0 Å². The van der Waals surface area contributed by atoms with E-state index in [0.29, 0.717) is 13.0 Å². The monoisotopic (exact) mass is 282 g/mol. The van der Waals surface area contributed by atoms with Crippen LogP contribution < -0.4 is 5.32 Å². The molecule has 1 heterocycles. The molecule has 0 spiro atoms. The van der Waals surface area contributed by atoms with Crippen molar-refractivity contribution in [2.45, 2.75) is 51.1 Å². The highest BCUT2D eigenvalue weighted by Gasteiger charge is 2.38. The molecule has 1 aliphatic heterocycles. The molecule has 0 aromatic rings. The molecular formula is C14H22N2O4. The summed E-state index contributed by atoms with van der Waals surface area (Å²) < 4.78 is 5.06. The summed E-state index contributed by atoms with van der Waals surface area (Å²) in [5.41, 5.74) is 0. The van der Waals surface area contributed by atoms with Gasteiger partial charge in [-0.1, -0.05) is 6.42 Å². The van der Waals surface area contributed by atoms with Gasteiger partial charge in [-0.05, 0) is 26.2 Å². The van der Waals surface area contributed by atoms with E-state index in [2.05, 4.69) is 5.32 Å². The number of esters is 1. The van der Waals surface area contributed by atoms with Crippen LogP contribution in [0.4, 0.5) is 0 Å². The van der Waals surface area contributed by atoms with Crippen LogP contribution in [-0.2, 0) is 19.1 Å². The minimum atomic E-state index is -0.432. The highest BCUT2D eigenvalue weighted by atomic mass is 16.5. The maximum absolute atomic E-state index is 11.9. The van der Waals surface area contributed by atoms with Crippen molar-refractivity contribution in [1.82, 2.24) is 10.2 Å². The van der Waals surface area contributed by atoms with Crippen molar-refractivity contribution < 1.29 is 19.1 Å². The van der Waals surface area contributed by atoms with Crippen LogP contribution in [-0.4, -0.2) is 48.4 Å². The third kappa shape index (κ3) is 3.17. The van der Waals surface area contributed by atoms with Gasteiger partial charge in [0.25, 0.3) is 0 Å². The molecule has 0 bridgehead atoms. The first kappa shape index (κ1) is 15.0. The molecule has 112 valence electrons. The Kier molecular flexibility index (Phi) is 4.75. The second kappa shape index (κ2) is 6.35. The van der Waals surface area contributed by atoms with Gasteiger partial charge in [0.2, 0.25) is 11.8 Å². The van der Waals surface area contributed by atoms with E-state index in [-0.39, 0.29) is 36.2 Å². The Bertz CT molecular complexity index is 410. The molecule has 1 N–H and O–H groups in total. The number of likely N-dealkylation sites (N-methyl/N-ethyl adjacent to an activating group) is 1. The van der Waals surface area contributed by atoms with Gasteiger partial charge in [0.15, 0.2) is 0 Å². The molecule has 0 aromatic carbocycles. The Morgan fingerprint density at radius 1 is 1.40 bits per heavy atom. The molecule has 2 aliphatic rings. The van der Waals surface area contributed by atoms with Gasteiger partial charge in [0.1, 0.15) is 0 Å². The van der Waals surface area contributed by atoms with Crippen molar-refractivity contribution in [2.24, 2.45) is 5.92 Å². The second-order valence-electron chi connectivity index (χ2n) is 5.53. The smallest absolute Gasteiger partial charge is 0.308 e. The van der Waals surface area contributed by atoms with E-state index in [9.17, 15) is 14.4 Å². The van der Waals surface area contributed by atoms with Crippen molar-refractivity contribution in [3.8, 4) is 0 Å². The molecule has 3 atom stereocenters.